The Morgan fingerprint density at radius 3 is 2.92 bits per heavy atom. The maximum Gasteiger partial charge on any atom is 0.0555 e. The van der Waals surface area contributed by atoms with Gasteiger partial charge in [-0.05, 0) is 48.2 Å². The Morgan fingerprint density at radius 2 is 2.33 bits per heavy atom. The van der Waals surface area contributed by atoms with Crippen LogP contribution in [0.5, 0.6) is 0 Å². The highest BCUT2D eigenvalue weighted by Crippen LogP contribution is 2.10. The molecule has 0 aliphatic carbocycles. The molecule has 0 spiro atoms. The lowest BCUT2D eigenvalue weighted by Gasteiger charge is -2.06. The van der Waals surface area contributed by atoms with Crippen molar-refractivity contribution in [3.63, 3.8) is 0 Å². The van der Waals surface area contributed by atoms with Gasteiger partial charge in [-0.2, -0.15) is 11.3 Å². The van der Waals surface area contributed by atoms with Crippen LogP contribution in [0.3, 0.4) is 0 Å². The van der Waals surface area contributed by atoms with Gasteiger partial charge in [0.1, 0.15) is 0 Å². The molecule has 0 unspecified atom stereocenters. The summed E-state index contributed by atoms with van der Waals surface area (Å²) in [6.07, 6.45) is 2.28. The number of nitrogens with two attached hydrogens (primary N) is 1. The zero-order valence-corrected chi connectivity index (χ0v) is 7.89. The van der Waals surface area contributed by atoms with Crippen LogP contribution >= 0.6 is 11.3 Å². The summed E-state index contributed by atoms with van der Waals surface area (Å²) in [5.74, 6) is 0. The predicted molar refractivity (Wildman–Crippen MR) is 52.3 cm³/mol. The van der Waals surface area contributed by atoms with E-state index >= 15 is 0 Å². The van der Waals surface area contributed by atoms with E-state index in [-0.39, 0.29) is 6.10 Å². The summed E-state index contributed by atoms with van der Waals surface area (Å²) in [7, 11) is 0. The van der Waals surface area contributed by atoms with Crippen molar-refractivity contribution in [3.8, 4) is 0 Å². The molecular formula is C9H15NOS. The van der Waals surface area contributed by atoms with Gasteiger partial charge in [0.25, 0.3) is 0 Å². The molecule has 1 rings (SSSR count). The van der Waals surface area contributed by atoms with Gasteiger partial charge in [0.05, 0.1) is 6.10 Å². The number of hydrogen-bond donors (Lipinski definition) is 2. The molecule has 0 aromatic carbocycles. The number of aliphatic hydroxyl groups excluding tert-OH is 1. The van der Waals surface area contributed by atoms with E-state index in [2.05, 4.69) is 16.8 Å². The standard InChI is InChI=1S/C9H15NOS/c10-5-3-9(11)2-1-8-4-6-12-7-8/h4,6-7,9,11H,1-3,5,10H2/t9-/m1/s1. The Labute approximate surface area is 77.0 Å². The Morgan fingerprint density at radius 1 is 1.50 bits per heavy atom. The minimum Gasteiger partial charge on any atom is -0.393 e. The molecule has 3 N–H and O–H groups in total. The van der Waals surface area contributed by atoms with Gasteiger partial charge in [-0.1, -0.05) is 0 Å². The van der Waals surface area contributed by atoms with Crippen LogP contribution in [-0.4, -0.2) is 17.8 Å². The van der Waals surface area contributed by atoms with Gasteiger partial charge in [-0.3, -0.25) is 0 Å². The second-order valence-corrected chi connectivity index (χ2v) is 3.68. The Kier molecular flexibility index (Phi) is 4.29. The molecule has 0 saturated carbocycles. The van der Waals surface area contributed by atoms with E-state index in [0.717, 1.165) is 12.8 Å². The Bertz CT molecular complexity index is 198. The molecule has 0 aliphatic heterocycles. The molecule has 1 aromatic rings. The molecule has 0 aliphatic rings. The van der Waals surface area contributed by atoms with Crippen molar-refractivity contribution in [1.29, 1.82) is 0 Å². The zero-order valence-electron chi connectivity index (χ0n) is 7.07. The van der Waals surface area contributed by atoms with Crippen LogP contribution in [0.2, 0.25) is 0 Å². The molecule has 3 heteroatoms. The third kappa shape index (κ3) is 3.34. The first-order chi connectivity index (χ1) is 5.83. The van der Waals surface area contributed by atoms with Crippen LogP contribution in [0, 0.1) is 0 Å². The summed E-state index contributed by atoms with van der Waals surface area (Å²) in [6.45, 7) is 0.574. The van der Waals surface area contributed by atoms with Crippen molar-refractivity contribution < 1.29 is 5.11 Å². The van der Waals surface area contributed by atoms with Gasteiger partial charge in [-0.25, -0.2) is 0 Å². The summed E-state index contributed by atoms with van der Waals surface area (Å²) in [4.78, 5) is 0. The summed E-state index contributed by atoms with van der Waals surface area (Å²) in [5, 5.41) is 13.6. The van der Waals surface area contributed by atoms with Gasteiger partial charge in [0.15, 0.2) is 0 Å². The average Bonchev–Trinajstić information content (AvgIpc) is 2.53. The van der Waals surface area contributed by atoms with E-state index in [1.165, 1.54) is 5.56 Å². The van der Waals surface area contributed by atoms with E-state index in [1.54, 1.807) is 11.3 Å². The lowest BCUT2D eigenvalue weighted by atomic mass is 10.1. The monoisotopic (exact) mass is 185 g/mol. The number of rotatable bonds is 5. The quantitative estimate of drug-likeness (QED) is 0.728. The topological polar surface area (TPSA) is 46.2 Å². The van der Waals surface area contributed by atoms with Gasteiger partial charge in [-0.15, -0.1) is 0 Å². The highest BCUT2D eigenvalue weighted by Gasteiger charge is 2.02. The van der Waals surface area contributed by atoms with Crippen molar-refractivity contribution in [1.82, 2.24) is 0 Å². The molecule has 1 aromatic heterocycles. The van der Waals surface area contributed by atoms with Crippen molar-refractivity contribution in [2.75, 3.05) is 6.54 Å². The second-order valence-electron chi connectivity index (χ2n) is 2.90. The summed E-state index contributed by atoms with van der Waals surface area (Å²) in [5.41, 5.74) is 6.64. The molecule has 0 saturated heterocycles. The molecule has 1 heterocycles. The first-order valence-electron chi connectivity index (χ1n) is 4.22. The van der Waals surface area contributed by atoms with Crippen LogP contribution in [0.4, 0.5) is 0 Å². The Hall–Kier alpha value is -0.380. The van der Waals surface area contributed by atoms with Crippen molar-refractivity contribution >= 4 is 11.3 Å². The van der Waals surface area contributed by atoms with Gasteiger partial charge in [0.2, 0.25) is 0 Å². The van der Waals surface area contributed by atoms with E-state index in [4.69, 9.17) is 5.73 Å². The van der Waals surface area contributed by atoms with Crippen LogP contribution in [0.25, 0.3) is 0 Å². The van der Waals surface area contributed by atoms with Crippen molar-refractivity contribution in [3.05, 3.63) is 22.4 Å². The molecule has 1 atom stereocenters. The molecule has 12 heavy (non-hydrogen) atoms. The van der Waals surface area contributed by atoms with Gasteiger partial charge in [0, 0.05) is 0 Å². The summed E-state index contributed by atoms with van der Waals surface area (Å²) < 4.78 is 0. The van der Waals surface area contributed by atoms with Crippen LogP contribution in [-0.2, 0) is 6.42 Å². The molecule has 2 nitrogen and oxygen atoms in total. The fraction of sp³-hybridized carbons (Fsp3) is 0.556. The van der Waals surface area contributed by atoms with Crippen molar-refractivity contribution in [2.45, 2.75) is 25.4 Å². The van der Waals surface area contributed by atoms with Gasteiger partial charge < -0.3 is 10.8 Å². The first-order valence-corrected chi connectivity index (χ1v) is 5.16. The third-order valence-corrected chi connectivity index (χ3v) is 2.58. The Balaban J connectivity index is 2.17. The van der Waals surface area contributed by atoms with Crippen molar-refractivity contribution in [2.24, 2.45) is 5.73 Å². The largest absolute Gasteiger partial charge is 0.393 e. The smallest absolute Gasteiger partial charge is 0.0555 e. The van der Waals surface area contributed by atoms with E-state index in [0.29, 0.717) is 13.0 Å². The maximum absolute atomic E-state index is 9.37. The molecular weight excluding hydrogens is 170 g/mol. The second kappa shape index (κ2) is 5.30. The predicted octanol–water partition coefficient (Wildman–Crippen LogP) is 1.39. The highest BCUT2D eigenvalue weighted by atomic mass is 32.1. The molecule has 68 valence electrons. The lowest BCUT2D eigenvalue weighted by molar-refractivity contribution is 0.157. The third-order valence-electron chi connectivity index (χ3n) is 1.85. The number of aryl methyl sites for hydroxylation is 1. The van der Waals surface area contributed by atoms with Crippen LogP contribution < -0.4 is 5.73 Å². The van der Waals surface area contributed by atoms with E-state index < -0.39 is 0 Å². The average molecular weight is 185 g/mol. The normalized spacial score (nSPS) is 13.2. The zero-order chi connectivity index (χ0) is 8.81. The molecule has 0 amide bonds. The molecule has 0 fully saturated rings. The summed E-state index contributed by atoms with van der Waals surface area (Å²) >= 11 is 1.70. The number of aliphatic hydroxyl groups is 1. The van der Waals surface area contributed by atoms with E-state index in [9.17, 15) is 5.11 Å². The maximum atomic E-state index is 9.37. The SMILES string of the molecule is NCC[C@H](O)CCc1ccsc1. The lowest BCUT2D eigenvalue weighted by Crippen LogP contribution is -2.13. The summed E-state index contributed by atoms with van der Waals surface area (Å²) in [6, 6.07) is 2.10. The van der Waals surface area contributed by atoms with Gasteiger partial charge >= 0.3 is 0 Å². The van der Waals surface area contributed by atoms with E-state index in [1.807, 2.05) is 0 Å². The minimum atomic E-state index is -0.227. The fourth-order valence-corrected chi connectivity index (χ4v) is 1.81. The first kappa shape index (κ1) is 9.71. The highest BCUT2D eigenvalue weighted by molar-refractivity contribution is 7.07. The molecule has 0 radical (unpaired) electrons. The number of thiophene rings is 1. The molecule has 0 bridgehead atoms. The van der Waals surface area contributed by atoms with Crippen LogP contribution in [0.15, 0.2) is 16.8 Å². The number of hydrogen-bond acceptors (Lipinski definition) is 3. The minimum absolute atomic E-state index is 0.227. The fourth-order valence-electron chi connectivity index (χ4n) is 1.10. The van der Waals surface area contributed by atoms with Crippen LogP contribution in [0.1, 0.15) is 18.4 Å².